The molecule has 0 aliphatic heterocycles. The van der Waals surface area contributed by atoms with Gasteiger partial charge in [-0.15, -0.1) is 0 Å². The van der Waals surface area contributed by atoms with Crippen LogP contribution in [-0.4, -0.2) is 22.4 Å². The topological polar surface area (TPSA) is 55.9 Å². The predicted molar refractivity (Wildman–Crippen MR) is 59.1 cm³/mol. The van der Waals surface area contributed by atoms with Gasteiger partial charge in [-0.2, -0.15) is 5.10 Å². The standard InChI is InChI=1S/C10H20N4/c1-8(2)9(11)4-6-12-10-5-7-14(3)13-10/h5,7-9H,4,6,11H2,1-3H3,(H,12,13). The fourth-order valence-electron chi connectivity index (χ4n) is 1.21. The Morgan fingerprint density at radius 2 is 2.29 bits per heavy atom. The predicted octanol–water partition coefficient (Wildman–Crippen LogP) is 1.21. The van der Waals surface area contributed by atoms with Crippen LogP contribution in [-0.2, 0) is 7.05 Å². The van der Waals surface area contributed by atoms with Crippen LogP contribution in [0.5, 0.6) is 0 Å². The van der Waals surface area contributed by atoms with Crippen LogP contribution in [0, 0.1) is 5.92 Å². The summed E-state index contributed by atoms with van der Waals surface area (Å²) in [5.41, 5.74) is 5.92. The number of nitrogens with one attached hydrogen (secondary N) is 1. The minimum Gasteiger partial charge on any atom is -0.369 e. The molecule has 1 aromatic rings. The molecule has 0 fully saturated rings. The summed E-state index contributed by atoms with van der Waals surface area (Å²) in [5.74, 6) is 1.46. The van der Waals surface area contributed by atoms with Gasteiger partial charge in [-0.25, -0.2) is 0 Å². The van der Waals surface area contributed by atoms with Gasteiger partial charge in [0.15, 0.2) is 0 Å². The van der Waals surface area contributed by atoms with E-state index in [1.165, 1.54) is 0 Å². The Bertz CT molecular complexity index is 267. The molecule has 1 rings (SSSR count). The van der Waals surface area contributed by atoms with E-state index in [0.717, 1.165) is 18.8 Å². The van der Waals surface area contributed by atoms with Gasteiger partial charge in [0.25, 0.3) is 0 Å². The van der Waals surface area contributed by atoms with Crippen molar-refractivity contribution in [3.63, 3.8) is 0 Å². The summed E-state index contributed by atoms with van der Waals surface area (Å²) in [6, 6.07) is 2.23. The van der Waals surface area contributed by atoms with E-state index in [1.807, 2.05) is 19.3 Å². The summed E-state index contributed by atoms with van der Waals surface area (Å²) in [7, 11) is 1.91. The Morgan fingerprint density at radius 3 is 2.79 bits per heavy atom. The van der Waals surface area contributed by atoms with E-state index in [4.69, 9.17) is 5.73 Å². The smallest absolute Gasteiger partial charge is 0.147 e. The third-order valence-electron chi connectivity index (χ3n) is 2.35. The van der Waals surface area contributed by atoms with Crippen LogP contribution in [0.25, 0.3) is 0 Å². The molecule has 0 amide bonds. The van der Waals surface area contributed by atoms with Crippen molar-refractivity contribution in [2.45, 2.75) is 26.3 Å². The van der Waals surface area contributed by atoms with E-state index in [2.05, 4.69) is 24.3 Å². The maximum atomic E-state index is 5.92. The molecule has 0 bridgehead atoms. The van der Waals surface area contributed by atoms with Crippen LogP contribution in [0.4, 0.5) is 5.82 Å². The first-order chi connectivity index (χ1) is 6.59. The summed E-state index contributed by atoms with van der Waals surface area (Å²) in [6.07, 6.45) is 2.90. The molecule has 0 aliphatic carbocycles. The molecule has 0 aliphatic rings. The number of anilines is 1. The highest BCUT2D eigenvalue weighted by atomic mass is 15.3. The summed E-state index contributed by atoms with van der Waals surface area (Å²) in [6.45, 7) is 5.17. The second-order valence-corrected chi connectivity index (χ2v) is 4.00. The molecule has 14 heavy (non-hydrogen) atoms. The second-order valence-electron chi connectivity index (χ2n) is 4.00. The number of hydrogen-bond donors (Lipinski definition) is 2. The maximum Gasteiger partial charge on any atom is 0.147 e. The highest BCUT2D eigenvalue weighted by molar-refractivity contribution is 5.31. The number of nitrogens with two attached hydrogens (primary N) is 1. The quantitative estimate of drug-likeness (QED) is 0.744. The zero-order valence-electron chi connectivity index (χ0n) is 9.20. The molecule has 0 spiro atoms. The molecule has 0 saturated heterocycles. The average Bonchev–Trinajstić information content (AvgIpc) is 2.51. The van der Waals surface area contributed by atoms with Gasteiger partial charge in [0.2, 0.25) is 0 Å². The van der Waals surface area contributed by atoms with Crippen LogP contribution >= 0.6 is 0 Å². The van der Waals surface area contributed by atoms with Gasteiger partial charge in [0.05, 0.1) is 0 Å². The minimum atomic E-state index is 0.270. The number of nitrogens with zero attached hydrogens (tertiary/aromatic N) is 2. The molecule has 1 unspecified atom stereocenters. The molecule has 1 aromatic heterocycles. The number of rotatable bonds is 5. The maximum absolute atomic E-state index is 5.92. The highest BCUT2D eigenvalue weighted by Gasteiger charge is 2.06. The SMILES string of the molecule is CC(C)C(N)CCNc1ccn(C)n1. The molecular weight excluding hydrogens is 176 g/mol. The van der Waals surface area contributed by atoms with Crippen molar-refractivity contribution in [1.29, 1.82) is 0 Å². The monoisotopic (exact) mass is 196 g/mol. The summed E-state index contributed by atoms with van der Waals surface area (Å²) in [5, 5.41) is 7.46. The lowest BCUT2D eigenvalue weighted by molar-refractivity contribution is 0.473. The van der Waals surface area contributed by atoms with Gasteiger partial charge in [-0.3, -0.25) is 4.68 Å². The van der Waals surface area contributed by atoms with Gasteiger partial charge in [0.1, 0.15) is 5.82 Å². The largest absolute Gasteiger partial charge is 0.369 e. The van der Waals surface area contributed by atoms with Gasteiger partial charge >= 0.3 is 0 Å². The molecule has 0 saturated carbocycles. The zero-order chi connectivity index (χ0) is 10.6. The molecule has 1 atom stereocenters. The van der Waals surface area contributed by atoms with Crippen molar-refractivity contribution in [2.75, 3.05) is 11.9 Å². The van der Waals surface area contributed by atoms with Crippen LogP contribution in [0.2, 0.25) is 0 Å². The third kappa shape index (κ3) is 3.38. The van der Waals surface area contributed by atoms with Crippen molar-refractivity contribution in [2.24, 2.45) is 18.7 Å². The highest BCUT2D eigenvalue weighted by Crippen LogP contribution is 2.05. The average molecular weight is 196 g/mol. The number of aromatic nitrogens is 2. The molecule has 4 nitrogen and oxygen atoms in total. The van der Waals surface area contributed by atoms with E-state index in [0.29, 0.717) is 5.92 Å². The fourth-order valence-corrected chi connectivity index (χ4v) is 1.21. The van der Waals surface area contributed by atoms with Gasteiger partial charge in [-0.1, -0.05) is 13.8 Å². The lowest BCUT2D eigenvalue weighted by Crippen LogP contribution is -2.28. The second kappa shape index (κ2) is 5.00. The van der Waals surface area contributed by atoms with Crippen molar-refractivity contribution < 1.29 is 0 Å². The van der Waals surface area contributed by atoms with E-state index < -0.39 is 0 Å². The molecule has 0 aromatic carbocycles. The van der Waals surface area contributed by atoms with Gasteiger partial charge in [0, 0.05) is 31.9 Å². The van der Waals surface area contributed by atoms with Crippen molar-refractivity contribution in [3.8, 4) is 0 Å². The van der Waals surface area contributed by atoms with Crippen LogP contribution in [0.15, 0.2) is 12.3 Å². The number of hydrogen-bond acceptors (Lipinski definition) is 3. The molecule has 1 heterocycles. The van der Waals surface area contributed by atoms with Crippen LogP contribution in [0.3, 0.4) is 0 Å². The van der Waals surface area contributed by atoms with Crippen molar-refractivity contribution >= 4 is 5.82 Å². The first-order valence-corrected chi connectivity index (χ1v) is 5.08. The molecular formula is C10H20N4. The van der Waals surface area contributed by atoms with Crippen molar-refractivity contribution in [3.05, 3.63) is 12.3 Å². The first-order valence-electron chi connectivity index (χ1n) is 5.08. The fraction of sp³-hybridized carbons (Fsp3) is 0.700. The molecule has 80 valence electrons. The first kappa shape index (κ1) is 11.0. The normalized spacial score (nSPS) is 13.2. The van der Waals surface area contributed by atoms with E-state index in [-0.39, 0.29) is 6.04 Å². The third-order valence-corrected chi connectivity index (χ3v) is 2.35. The van der Waals surface area contributed by atoms with E-state index in [1.54, 1.807) is 4.68 Å². The van der Waals surface area contributed by atoms with Crippen LogP contribution < -0.4 is 11.1 Å². The Labute approximate surface area is 85.5 Å². The van der Waals surface area contributed by atoms with E-state index >= 15 is 0 Å². The molecule has 0 radical (unpaired) electrons. The Morgan fingerprint density at radius 1 is 1.57 bits per heavy atom. The molecule has 4 heteroatoms. The lowest BCUT2D eigenvalue weighted by atomic mass is 10.0. The lowest BCUT2D eigenvalue weighted by Gasteiger charge is -2.15. The van der Waals surface area contributed by atoms with Crippen molar-refractivity contribution in [1.82, 2.24) is 9.78 Å². The zero-order valence-corrected chi connectivity index (χ0v) is 9.20. The molecule has 3 N–H and O–H groups in total. The number of aryl methyl sites for hydroxylation is 1. The summed E-state index contributed by atoms with van der Waals surface area (Å²) < 4.78 is 1.78. The van der Waals surface area contributed by atoms with E-state index in [9.17, 15) is 0 Å². The Kier molecular flexibility index (Phi) is 3.95. The van der Waals surface area contributed by atoms with Gasteiger partial charge in [-0.05, 0) is 12.3 Å². The van der Waals surface area contributed by atoms with Crippen LogP contribution in [0.1, 0.15) is 20.3 Å². The Hall–Kier alpha value is -1.03. The minimum absolute atomic E-state index is 0.270. The Balaban J connectivity index is 2.22. The van der Waals surface area contributed by atoms with Gasteiger partial charge < -0.3 is 11.1 Å². The summed E-state index contributed by atoms with van der Waals surface area (Å²) in [4.78, 5) is 0. The summed E-state index contributed by atoms with van der Waals surface area (Å²) >= 11 is 0.